The maximum Gasteiger partial charge on any atom is 0.144 e. The zero-order valence-corrected chi connectivity index (χ0v) is 7.56. The lowest BCUT2D eigenvalue weighted by atomic mass is 10.1. The lowest BCUT2D eigenvalue weighted by Gasteiger charge is -2.12. The molecule has 1 aromatic carbocycles. The lowest BCUT2D eigenvalue weighted by molar-refractivity contribution is 0.317. The standard InChI is InChI=1S/C9H10F3NO/c1-14-8-3-5(10)2-6(11)9(8)7(12)4-13/h2-3,7H,4,13H2,1H3. The summed E-state index contributed by atoms with van der Waals surface area (Å²) in [7, 11) is 1.21. The highest BCUT2D eigenvalue weighted by Crippen LogP contribution is 2.30. The van der Waals surface area contributed by atoms with Gasteiger partial charge in [-0.05, 0) is 0 Å². The van der Waals surface area contributed by atoms with Crippen LogP contribution in [0.15, 0.2) is 12.1 Å². The summed E-state index contributed by atoms with van der Waals surface area (Å²) >= 11 is 0. The van der Waals surface area contributed by atoms with Gasteiger partial charge in [0.15, 0.2) is 0 Å². The molecule has 0 heterocycles. The zero-order valence-electron chi connectivity index (χ0n) is 7.56. The molecule has 0 fully saturated rings. The molecule has 1 atom stereocenters. The van der Waals surface area contributed by atoms with Crippen molar-refractivity contribution >= 4 is 0 Å². The fraction of sp³-hybridized carbons (Fsp3) is 0.333. The van der Waals surface area contributed by atoms with Crippen molar-refractivity contribution in [3.8, 4) is 5.75 Å². The Balaban J connectivity index is 3.24. The maximum absolute atomic E-state index is 13.1. The first-order valence-electron chi connectivity index (χ1n) is 3.97. The average molecular weight is 205 g/mol. The Bertz CT molecular complexity index is 330. The number of hydrogen-bond donors (Lipinski definition) is 1. The van der Waals surface area contributed by atoms with Crippen LogP contribution < -0.4 is 10.5 Å². The molecule has 0 bridgehead atoms. The van der Waals surface area contributed by atoms with E-state index in [1.54, 1.807) is 0 Å². The maximum atomic E-state index is 13.1. The number of methoxy groups -OCH3 is 1. The first-order chi connectivity index (χ1) is 6.60. The summed E-state index contributed by atoms with van der Waals surface area (Å²) in [4.78, 5) is 0. The summed E-state index contributed by atoms with van der Waals surface area (Å²) in [6.07, 6.45) is -1.69. The highest BCUT2D eigenvalue weighted by atomic mass is 19.1. The molecule has 1 rings (SSSR count). The van der Waals surface area contributed by atoms with Gasteiger partial charge in [-0.2, -0.15) is 0 Å². The second-order valence-electron chi connectivity index (χ2n) is 2.71. The van der Waals surface area contributed by atoms with Crippen LogP contribution in [0.25, 0.3) is 0 Å². The van der Waals surface area contributed by atoms with Crippen LogP contribution in [0.2, 0.25) is 0 Å². The number of nitrogens with two attached hydrogens (primary N) is 1. The van der Waals surface area contributed by atoms with E-state index in [0.717, 1.165) is 6.07 Å². The zero-order chi connectivity index (χ0) is 10.7. The molecular weight excluding hydrogens is 195 g/mol. The first-order valence-corrected chi connectivity index (χ1v) is 3.97. The molecule has 78 valence electrons. The fourth-order valence-corrected chi connectivity index (χ4v) is 1.15. The van der Waals surface area contributed by atoms with Gasteiger partial charge in [-0.25, -0.2) is 13.2 Å². The molecule has 0 aliphatic rings. The predicted octanol–water partition coefficient (Wildman–Crippen LogP) is 1.94. The molecule has 1 unspecified atom stereocenters. The summed E-state index contributed by atoms with van der Waals surface area (Å²) < 4.78 is 43.6. The van der Waals surface area contributed by atoms with E-state index in [1.165, 1.54) is 7.11 Å². The van der Waals surface area contributed by atoms with E-state index in [-0.39, 0.29) is 17.9 Å². The average Bonchev–Trinajstić information content (AvgIpc) is 2.15. The Morgan fingerprint density at radius 2 is 2.07 bits per heavy atom. The molecule has 2 N–H and O–H groups in total. The fourth-order valence-electron chi connectivity index (χ4n) is 1.15. The largest absolute Gasteiger partial charge is 0.496 e. The second kappa shape index (κ2) is 4.32. The van der Waals surface area contributed by atoms with Crippen molar-refractivity contribution in [2.45, 2.75) is 6.17 Å². The SMILES string of the molecule is COc1cc(F)cc(F)c1C(F)CN. The van der Waals surface area contributed by atoms with Crippen molar-refractivity contribution in [2.75, 3.05) is 13.7 Å². The second-order valence-corrected chi connectivity index (χ2v) is 2.71. The Kier molecular flexibility index (Phi) is 3.35. The van der Waals surface area contributed by atoms with Crippen LogP contribution in [0, 0.1) is 11.6 Å². The molecule has 0 aliphatic heterocycles. The quantitative estimate of drug-likeness (QED) is 0.818. The van der Waals surface area contributed by atoms with Crippen molar-refractivity contribution in [2.24, 2.45) is 5.73 Å². The third-order valence-corrected chi connectivity index (χ3v) is 1.80. The smallest absolute Gasteiger partial charge is 0.144 e. The molecule has 0 saturated carbocycles. The van der Waals surface area contributed by atoms with Crippen LogP contribution in [0.5, 0.6) is 5.75 Å². The molecule has 1 aromatic rings. The molecule has 0 aromatic heterocycles. The Labute approximate surface area is 79.5 Å². The van der Waals surface area contributed by atoms with E-state index >= 15 is 0 Å². The van der Waals surface area contributed by atoms with Crippen molar-refractivity contribution in [1.82, 2.24) is 0 Å². The Morgan fingerprint density at radius 1 is 1.43 bits per heavy atom. The minimum atomic E-state index is -1.69. The van der Waals surface area contributed by atoms with E-state index in [9.17, 15) is 13.2 Å². The van der Waals surface area contributed by atoms with E-state index in [0.29, 0.717) is 6.07 Å². The number of alkyl halides is 1. The number of hydrogen-bond acceptors (Lipinski definition) is 2. The van der Waals surface area contributed by atoms with Gasteiger partial charge in [-0.15, -0.1) is 0 Å². The minimum absolute atomic E-state index is 0.166. The van der Waals surface area contributed by atoms with Gasteiger partial charge in [0.25, 0.3) is 0 Å². The van der Waals surface area contributed by atoms with Crippen LogP contribution in [-0.2, 0) is 0 Å². The van der Waals surface area contributed by atoms with Gasteiger partial charge < -0.3 is 10.5 Å². The Morgan fingerprint density at radius 3 is 2.57 bits per heavy atom. The van der Waals surface area contributed by atoms with Crippen LogP contribution in [-0.4, -0.2) is 13.7 Å². The van der Waals surface area contributed by atoms with Gasteiger partial charge >= 0.3 is 0 Å². The van der Waals surface area contributed by atoms with Gasteiger partial charge in [0.1, 0.15) is 23.6 Å². The third-order valence-electron chi connectivity index (χ3n) is 1.80. The van der Waals surface area contributed by atoms with Crippen LogP contribution in [0.4, 0.5) is 13.2 Å². The predicted molar refractivity (Wildman–Crippen MR) is 45.8 cm³/mol. The van der Waals surface area contributed by atoms with Crippen molar-refractivity contribution in [1.29, 1.82) is 0 Å². The monoisotopic (exact) mass is 205 g/mol. The van der Waals surface area contributed by atoms with Crippen molar-refractivity contribution in [3.63, 3.8) is 0 Å². The van der Waals surface area contributed by atoms with Gasteiger partial charge in [0.2, 0.25) is 0 Å². The summed E-state index contributed by atoms with van der Waals surface area (Å²) in [5, 5.41) is 0. The summed E-state index contributed by atoms with van der Waals surface area (Å²) in [5.74, 6) is -1.97. The molecule has 2 nitrogen and oxygen atoms in total. The third kappa shape index (κ3) is 1.98. The molecule has 5 heteroatoms. The molecule has 0 saturated heterocycles. The number of ether oxygens (including phenoxy) is 1. The van der Waals surface area contributed by atoms with E-state index in [2.05, 4.69) is 4.74 Å². The van der Waals surface area contributed by atoms with Gasteiger partial charge in [-0.1, -0.05) is 0 Å². The summed E-state index contributed by atoms with van der Waals surface area (Å²) in [5.41, 5.74) is 4.71. The molecule has 0 radical (unpaired) electrons. The first kappa shape index (κ1) is 10.8. The summed E-state index contributed by atoms with van der Waals surface area (Å²) in [6, 6.07) is 1.51. The molecule has 14 heavy (non-hydrogen) atoms. The van der Waals surface area contributed by atoms with E-state index < -0.39 is 17.8 Å². The van der Waals surface area contributed by atoms with Crippen LogP contribution >= 0.6 is 0 Å². The lowest BCUT2D eigenvalue weighted by Crippen LogP contribution is -2.11. The minimum Gasteiger partial charge on any atom is -0.496 e. The molecular formula is C9H10F3NO. The van der Waals surface area contributed by atoms with E-state index in [1.807, 2.05) is 0 Å². The topological polar surface area (TPSA) is 35.2 Å². The highest BCUT2D eigenvalue weighted by Gasteiger charge is 2.19. The summed E-state index contributed by atoms with van der Waals surface area (Å²) in [6.45, 7) is -0.376. The van der Waals surface area contributed by atoms with Gasteiger partial charge in [-0.3, -0.25) is 0 Å². The van der Waals surface area contributed by atoms with Gasteiger partial charge in [0.05, 0.1) is 12.7 Å². The van der Waals surface area contributed by atoms with Crippen LogP contribution in [0.3, 0.4) is 0 Å². The van der Waals surface area contributed by atoms with Crippen molar-refractivity contribution in [3.05, 3.63) is 29.3 Å². The molecule has 0 spiro atoms. The van der Waals surface area contributed by atoms with Crippen LogP contribution in [0.1, 0.15) is 11.7 Å². The Hall–Kier alpha value is -1.23. The normalized spacial score (nSPS) is 12.6. The van der Waals surface area contributed by atoms with Gasteiger partial charge in [0, 0.05) is 18.7 Å². The highest BCUT2D eigenvalue weighted by molar-refractivity contribution is 5.37. The molecule has 0 amide bonds. The van der Waals surface area contributed by atoms with Crippen molar-refractivity contribution < 1.29 is 17.9 Å². The number of halogens is 3. The number of rotatable bonds is 3. The number of benzene rings is 1. The van der Waals surface area contributed by atoms with E-state index in [4.69, 9.17) is 5.73 Å². The molecule has 0 aliphatic carbocycles.